The lowest BCUT2D eigenvalue weighted by molar-refractivity contribution is 0.745. The van der Waals surface area contributed by atoms with Gasteiger partial charge in [-0.25, -0.2) is 0 Å². The second-order valence-corrected chi connectivity index (χ2v) is 2.87. The molecule has 0 unspecified atom stereocenters. The van der Waals surface area contributed by atoms with Crippen LogP contribution in [-0.2, 0) is 6.54 Å². The number of hydrogen-bond donors (Lipinski definition) is 0. The van der Waals surface area contributed by atoms with Gasteiger partial charge >= 0.3 is 0 Å². The molecule has 0 atom stereocenters. The van der Waals surface area contributed by atoms with Crippen molar-refractivity contribution >= 4 is 0 Å². The summed E-state index contributed by atoms with van der Waals surface area (Å²) in [6.45, 7) is 8.28. The van der Waals surface area contributed by atoms with E-state index in [-0.39, 0.29) is 5.43 Å². The van der Waals surface area contributed by atoms with Gasteiger partial charge in [-0.1, -0.05) is 6.08 Å². The van der Waals surface area contributed by atoms with Crippen molar-refractivity contribution < 1.29 is 0 Å². The van der Waals surface area contributed by atoms with Crippen LogP contribution in [0.3, 0.4) is 0 Å². The van der Waals surface area contributed by atoms with Crippen molar-refractivity contribution in [2.75, 3.05) is 0 Å². The largest absolute Gasteiger partial charge is 0.345 e. The van der Waals surface area contributed by atoms with Gasteiger partial charge in [0.25, 0.3) is 0 Å². The monoisotopic (exact) mass is 163 g/mol. The lowest BCUT2D eigenvalue weighted by Gasteiger charge is -2.10. The van der Waals surface area contributed by atoms with Crippen LogP contribution in [0.1, 0.15) is 11.4 Å². The Morgan fingerprint density at radius 1 is 1.42 bits per heavy atom. The Morgan fingerprint density at radius 2 is 1.92 bits per heavy atom. The van der Waals surface area contributed by atoms with Crippen LogP contribution in [0.25, 0.3) is 0 Å². The van der Waals surface area contributed by atoms with Crippen molar-refractivity contribution in [1.82, 2.24) is 4.57 Å². The summed E-state index contributed by atoms with van der Waals surface area (Å²) in [5.74, 6) is 0. The molecule has 1 aromatic heterocycles. The first-order valence-corrected chi connectivity index (χ1v) is 3.94. The first-order chi connectivity index (χ1) is 5.65. The highest BCUT2D eigenvalue weighted by molar-refractivity contribution is 5.12. The van der Waals surface area contributed by atoms with E-state index in [1.165, 1.54) is 0 Å². The van der Waals surface area contributed by atoms with Gasteiger partial charge in [0.1, 0.15) is 0 Å². The molecule has 0 saturated heterocycles. The van der Waals surface area contributed by atoms with Gasteiger partial charge in [0.05, 0.1) is 0 Å². The predicted molar refractivity (Wildman–Crippen MR) is 50.4 cm³/mol. The van der Waals surface area contributed by atoms with Gasteiger partial charge in [0.15, 0.2) is 5.43 Å². The van der Waals surface area contributed by atoms with Crippen LogP contribution in [0, 0.1) is 13.8 Å². The number of aryl methyl sites for hydroxylation is 2. The van der Waals surface area contributed by atoms with E-state index in [0.29, 0.717) is 0 Å². The summed E-state index contributed by atoms with van der Waals surface area (Å²) in [5, 5.41) is 0. The van der Waals surface area contributed by atoms with Crippen LogP contribution in [0.2, 0.25) is 0 Å². The van der Waals surface area contributed by atoms with Crippen molar-refractivity contribution in [1.29, 1.82) is 0 Å². The Balaban J connectivity index is 3.27. The van der Waals surface area contributed by atoms with Crippen molar-refractivity contribution in [2.24, 2.45) is 0 Å². The molecule has 0 aliphatic rings. The third-order valence-corrected chi connectivity index (χ3v) is 1.87. The van der Waals surface area contributed by atoms with Crippen molar-refractivity contribution in [3.05, 3.63) is 46.4 Å². The lowest BCUT2D eigenvalue weighted by Crippen LogP contribution is -2.11. The van der Waals surface area contributed by atoms with E-state index in [1.54, 1.807) is 12.1 Å². The molecule has 0 fully saturated rings. The van der Waals surface area contributed by atoms with Gasteiger partial charge in [-0.2, -0.15) is 0 Å². The molecule has 1 aromatic rings. The zero-order valence-corrected chi connectivity index (χ0v) is 7.50. The summed E-state index contributed by atoms with van der Waals surface area (Å²) in [4.78, 5) is 11.0. The highest BCUT2D eigenvalue weighted by atomic mass is 16.1. The van der Waals surface area contributed by atoms with Gasteiger partial charge in [0.2, 0.25) is 0 Å². The molecule has 0 aliphatic carbocycles. The zero-order valence-electron chi connectivity index (χ0n) is 7.50. The molecule has 0 spiro atoms. The molecule has 0 aromatic carbocycles. The Bertz CT molecular complexity index is 323. The molecule has 0 saturated carbocycles. The first-order valence-electron chi connectivity index (χ1n) is 3.94. The second kappa shape index (κ2) is 3.39. The molecule has 1 heterocycles. The van der Waals surface area contributed by atoms with E-state index in [0.717, 1.165) is 17.9 Å². The van der Waals surface area contributed by atoms with E-state index in [1.807, 2.05) is 19.9 Å². The quantitative estimate of drug-likeness (QED) is 0.608. The molecular weight excluding hydrogens is 150 g/mol. The molecule has 2 heteroatoms. The molecule has 0 bridgehead atoms. The van der Waals surface area contributed by atoms with Crippen LogP contribution >= 0.6 is 0 Å². The maximum Gasteiger partial charge on any atom is 0.182 e. The minimum absolute atomic E-state index is 0.0744. The Morgan fingerprint density at radius 3 is 2.33 bits per heavy atom. The van der Waals surface area contributed by atoms with Gasteiger partial charge in [-0.15, -0.1) is 6.58 Å². The number of allylic oxidation sites excluding steroid dienone is 1. The number of hydrogen-bond acceptors (Lipinski definition) is 1. The number of nitrogens with zero attached hydrogens (tertiary/aromatic N) is 1. The molecule has 0 N–H and O–H groups in total. The fourth-order valence-corrected chi connectivity index (χ4v) is 1.30. The molecule has 12 heavy (non-hydrogen) atoms. The van der Waals surface area contributed by atoms with Gasteiger partial charge in [0, 0.05) is 30.1 Å². The topological polar surface area (TPSA) is 22.0 Å². The third-order valence-electron chi connectivity index (χ3n) is 1.87. The summed E-state index contributed by atoms with van der Waals surface area (Å²) >= 11 is 0. The van der Waals surface area contributed by atoms with E-state index < -0.39 is 0 Å². The predicted octanol–water partition coefficient (Wildman–Crippen LogP) is 1.65. The molecule has 0 amide bonds. The Kier molecular flexibility index (Phi) is 2.48. The van der Waals surface area contributed by atoms with Crippen molar-refractivity contribution in [3.8, 4) is 0 Å². The maximum absolute atomic E-state index is 11.0. The second-order valence-electron chi connectivity index (χ2n) is 2.87. The smallest absolute Gasteiger partial charge is 0.182 e. The van der Waals surface area contributed by atoms with Gasteiger partial charge in [-0.05, 0) is 13.8 Å². The SMILES string of the molecule is C=CCn1c(C)cc(=O)cc1C. The molecule has 64 valence electrons. The minimum atomic E-state index is 0.0744. The van der Waals surface area contributed by atoms with Crippen LogP contribution in [0.5, 0.6) is 0 Å². The number of rotatable bonds is 2. The Labute approximate surface area is 72.2 Å². The highest BCUT2D eigenvalue weighted by Gasteiger charge is 1.97. The van der Waals surface area contributed by atoms with Crippen molar-refractivity contribution in [3.63, 3.8) is 0 Å². The van der Waals surface area contributed by atoms with Gasteiger partial charge < -0.3 is 4.57 Å². The van der Waals surface area contributed by atoms with E-state index in [9.17, 15) is 4.79 Å². The average molecular weight is 163 g/mol. The molecular formula is C10H13NO. The first kappa shape index (κ1) is 8.78. The Hall–Kier alpha value is -1.31. The number of aromatic nitrogens is 1. The summed E-state index contributed by atoms with van der Waals surface area (Å²) in [6, 6.07) is 3.27. The standard InChI is InChI=1S/C10H13NO/c1-4-5-11-8(2)6-10(12)7-9(11)3/h4,6-7H,1,5H2,2-3H3. The number of pyridine rings is 1. The average Bonchev–Trinajstić information content (AvgIpc) is 1.96. The summed E-state index contributed by atoms with van der Waals surface area (Å²) in [7, 11) is 0. The van der Waals surface area contributed by atoms with Gasteiger partial charge in [-0.3, -0.25) is 4.79 Å². The zero-order chi connectivity index (χ0) is 9.14. The summed E-state index contributed by atoms with van der Waals surface area (Å²) < 4.78 is 2.05. The molecule has 2 nitrogen and oxygen atoms in total. The molecule has 1 rings (SSSR count). The minimum Gasteiger partial charge on any atom is -0.345 e. The maximum atomic E-state index is 11.0. The summed E-state index contributed by atoms with van der Waals surface area (Å²) in [5.41, 5.74) is 2.05. The third kappa shape index (κ3) is 1.64. The molecule has 0 aliphatic heterocycles. The molecule has 0 radical (unpaired) electrons. The summed E-state index contributed by atoms with van der Waals surface area (Å²) in [6.07, 6.45) is 1.82. The van der Waals surface area contributed by atoms with E-state index >= 15 is 0 Å². The lowest BCUT2D eigenvalue weighted by atomic mass is 10.3. The normalized spacial score (nSPS) is 9.83. The van der Waals surface area contributed by atoms with Crippen LogP contribution in [0.4, 0.5) is 0 Å². The van der Waals surface area contributed by atoms with Crippen LogP contribution in [-0.4, -0.2) is 4.57 Å². The van der Waals surface area contributed by atoms with E-state index in [2.05, 4.69) is 11.1 Å². The van der Waals surface area contributed by atoms with E-state index in [4.69, 9.17) is 0 Å². The highest BCUT2D eigenvalue weighted by Crippen LogP contribution is 2.00. The van der Waals surface area contributed by atoms with Crippen LogP contribution < -0.4 is 5.43 Å². The fraction of sp³-hybridized carbons (Fsp3) is 0.300. The van der Waals surface area contributed by atoms with Crippen LogP contribution in [0.15, 0.2) is 29.6 Å². The fourth-order valence-electron chi connectivity index (χ4n) is 1.30. The van der Waals surface area contributed by atoms with Crippen molar-refractivity contribution in [2.45, 2.75) is 20.4 Å².